The molecule has 2 amide bonds. The molecule has 0 saturated carbocycles. The van der Waals surface area contributed by atoms with Crippen molar-refractivity contribution in [2.24, 2.45) is 0 Å². The molecule has 2 rings (SSSR count). The van der Waals surface area contributed by atoms with E-state index < -0.39 is 17.8 Å². The fourth-order valence-electron chi connectivity index (χ4n) is 1.72. The Morgan fingerprint density at radius 2 is 2.14 bits per heavy atom. The number of urea groups is 1. The Kier molecular flexibility index (Phi) is 4.61. The number of carbonyl (C=O) groups is 1. The number of carbonyl (C=O) groups excluding carboxylic acids is 1. The van der Waals surface area contributed by atoms with Gasteiger partial charge in [-0.2, -0.15) is 18.3 Å². The van der Waals surface area contributed by atoms with Gasteiger partial charge in [0.05, 0.1) is 17.9 Å². The molecule has 0 atom stereocenters. The van der Waals surface area contributed by atoms with E-state index in [-0.39, 0.29) is 24.5 Å². The number of aromatic nitrogens is 3. The van der Waals surface area contributed by atoms with Crippen LogP contribution in [-0.2, 0) is 6.18 Å². The number of amides is 2. The van der Waals surface area contributed by atoms with Crippen LogP contribution >= 0.6 is 0 Å². The maximum Gasteiger partial charge on any atom is 0.418 e. The van der Waals surface area contributed by atoms with Gasteiger partial charge in [-0.1, -0.05) is 0 Å². The van der Waals surface area contributed by atoms with Crippen LogP contribution < -0.4 is 10.6 Å². The van der Waals surface area contributed by atoms with Gasteiger partial charge in [0.25, 0.3) is 0 Å². The second-order valence-corrected chi connectivity index (χ2v) is 4.17. The van der Waals surface area contributed by atoms with E-state index in [1.165, 1.54) is 12.1 Å². The molecule has 3 N–H and O–H groups in total. The average Bonchev–Trinajstić information content (AvgIpc) is 2.98. The Morgan fingerprint density at radius 3 is 2.73 bits per heavy atom. The third-order valence-electron chi connectivity index (χ3n) is 2.62. The summed E-state index contributed by atoms with van der Waals surface area (Å²) < 4.78 is 40.4. The zero-order valence-corrected chi connectivity index (χ0v) is 11.1. The van der Waals surface area contributed by atoms with Crippen LogP contribution in [0.2, 0.25) is 0 Å². The average molecular weight is 315 g/mol. The zero-order valence-electron chi connectivity index (χ0n) is 11.1. The first-order valence-electron chi connectivity index (χ1n) is 6.14. The van der Waals surface area contributed by atoms with Crippen molar-refractivity contribution in [3.05, 3.63) is 36.4 Å². The molecule has 118 valence electrons. The molecule has 0 unspecified atom stereocenters. The Labute approximate surface area is 122 Å². The number of anilines is 1. The number of nitrogens with one attached hydrogen (secondary N) is 2. The first-order chi connectivity index (χ1) is 10.4. The summed E-state index contributed by atoms with van der Waals surface area (Å²) in [7, 11) is 0. The van der Waals surface area contributed by atoms with Crippen molar-refractivity contribution < 1.29 is 23.1 Å². The van der Waals surface area contributed by atoms with Crippen LogP contribution in [0.25, 0.3) is 5.69 Å². The van der Waals surface area contributed by atoms with Gasteiger partial charge < -0.3 is 15.7 Å². The monoisotopic (exact) mass is 315 g/mol. The lowest BCUT2D eigenvalue weighted by atomic mass is 10.1. The van der Waals surface area contributed by atoms with E-state index in [0.29, 0.717) is 0 Å². The molecule has 0 fully saturated rings. The van der Waals surface area contributed by atoms with E-state index >= 15 is 0 Å². The topological polar surface area (TPSA) is 92.1 Å². The molecule has 0 aliphatic rings. The van der Waals surface area contributed by atoms with Crippen molar-refractivity contribution in [2.45, 2.75) is 6.18 Å². The largest absolute Gasteiger partial charge is 0.418 e. The highest BCUT2D eigenvalue weighted by molar-refractivity contribution is 5.89. The van der Waals surface area contributed by atoms with Gasteiger partial charge in [-0.05, 0) is 18.2 Å². The van der Waals surface area contributed by atoms with Crippen LogP contribution in [0.3, 0.4) is 0 Å². The molecule has 0 spiro atoms. The minimum atomic E-state index is -4.62. The van der Waals surface area contributed by atoms with Gasteiger partial charge >= 0.3 is 12.2 Å². The number of aliphatic hydroxyl groups excluding tert-OH is 1. The molecule has 0 bridgehead atoms. The van der Waals surface area contributed by atoms with Crippen LogP contribution in [0.5, 0.6) is 0 Å². The molecule has 1 heterocycles. The number of aliphatic hydroxyl groups is 1. The maximum atomic E-state index is 13.1. The number of alkyl halides is 3. The third-order valence-corrected chi connectivity index (χ3v) is 2.62. The van der Waals surface area contributed by atoms with Crippen molar-refractivity contribution in [3.8, 4) is 5.69 Å². The highest BCUT2D eigenvalue weighted by Crippen LogP contribution is 2.35. The van der Waals surface area contributed by atoms with E-state index in [4.69, 9.17) is 5.11 Å². The van der Waals surface area contributed by atoms with Crippen LogP contribution in [0, 0.1) is 0 Å². The minimum absolute atomic E-state index is 0.00496. The van der Waals surface area contributed by atoms with Crippen molar-refractivity contribution in [3.63, 3.8) is 0 Å². The number of hydrogen-bond donors (Lipinski definition) is 3. The quantitative estimate of drug-likeness (QED) is 0.795. The predicted molar refractivity (Wildman–Crippen MR) is 70.5 cm³/mol. The van der Waals surface area contributed by atoms with Gasteiger partial charge in [0.1, 0.15) is 12.7 Å². The summed E-state index contributed by atoms with van der Waals surface area (Å²) in [6.45, 7) is -0.276. The van der Waals surface area contributed by atoms with E-state index in [0.717, 1.165) is 23.4 Å². The van der Waals surface area contributed by atoms with Gasteiger partial charge in [0, 0.05) is 12.2 Å². The second-order valence-electron chi connectivity index (χ2n) is 4.17. The summed E-state index contributed by atoms with van der Waals surface area (Å²) in [6, 6.07) is 2.58. The van der Waals surface area contributed by atoms with Gasteiger partial charge in [0.15, 0.2) is 0 Å². The van der Waals surface area contributed by atoms with E-state index in [1.54, 1.807) is 0 Å². The molecule has 2 aromatic rings. The lowest BCUT2D eigenvalue weighted by molar-refractivity contribution is -0.137. The number of hydrogen-bond acceptors (Lipinski definition) is 4. The summed E-state index contributed by atoms with van der Waals surface area (Å²) >= 11 is 0. The Hall–Kier alpha value is -2.62. The molecule has 0 aliphatic carbocycles. The smallest absolute Gasteiger partial charge is 0.395 e. The second kappa shape index (κ2) is 6.43. The van der Waals surface area contributed by atoms with E-state index in [2.05, 4.69) is 20.7 Å². The fraction of sp³-hybridized carbons (Fsp3) is 0.250. The molecule has 10 heteroatoms. The van der Waals surface area contributed by atoms with Crippen molar-refractivity contribution in [2.75, 3.05) is 18.5 Å². The van der Waals surface area contributed by atoms with Crippen molar-refractivity contribution in [1.29, 1.82) is 0 Å². The lowest BCUT2D eigenvalue weighted by Crippen LogP contribution is -2.31. The van der Waals surface area contributed by atoms with Crippen LogP contribution in [0.1, 0.15) is 5.56 Å². The minimum Gasteiger partial charge on any atom is -0.395 e. The summed E-state index contributed by atoms with van der Waals surface area (Å²) in [5.41, 5.74) is -1.20. The molecule has 1 aromatic heterocycles. The van der Waals surface area contributed by atoms with Gasteiger partial charge in [0.2, 0.25) is 0 Å². The number of rotatable bonds is 4. The van der Waals surface area contributed by atoms with Crippen molar-refractivity contribution in [1.82, 2.24) is 20.1 Å². The highest BCUT2D eigenvalue weighted by atomic mass is 19.4. The SMILES string of the molecule is O=C(NCCO)Nc1ccc(-n2cncn2)c(C(F)(F)F)c1. The fourth-order valence-corrected chi connectivity index (χ4v) is 1.72. The molecule has 0 radical (unpaired) electrons. The summed E-state index contributed by atoms with van der Waals surface area (Å²) in [4.78, 5) is 15.0. The molecule has 22 heavy (non-hydrogen) atoms. The molecule has 7 nitrogen and oxygen atoms in total. The molecular weight excluding hydrogens is 303 g/mol. The molecule has 0 saturated heterocycles. The first kappa shape index (κ1) is 15.8. The highest BCUT2D eigenvalue weighted by Gasteiger charge is 2.34. The van der Waals surface area contributed by atoms with Crippen LogP contribution in [0.15, 0.2) is 30.9 Å². The van der Waals surface area contributed by atoms with E-state index in [1.807, 2.05) is 0 Å². The van der Waals surface area contributed by atoms with Crippen LogP contribution in [-0.4, -0.2) is 39.1 Å². The Morgan fingerprint density at radius 1 is 1.36 bits per heavy atom. The standard InChI is InChI=1S/C12H12F3N5O2/c13-12(14,15)9-5-8(19-11(22)17-3-4-21)1-2-10(9)20-7-16-6-18-20/h1-2,5-7,21H,3-4H2,(H2,17,19,22). The van der Waals surface area contributed by atoms with Gasteiger partial charge in [-0.15, -0.1) is 0 Å². The molecular formula is C12H12F3N5O2. The lowest BCUT2D eigenvalue weighted by Gasteiger charge is -2.14. The number of halogens is 3. The Balaban J connectivity index is 2.30. The van der Waals surface area contributed by atoms with Crippen molar-refractivity contribution >= 4 is 11.7 Å². The summed E-state index contributed by atoms with van der Waals surface area (Å²) in [5, 5.41) is 16.8. The number of nitrogens with zero attached hydrogens (tertiary/aromatic N) is 3. The number of benzene rings is 1. The first-order valence-corrected chi connectivity index (χ1v) is 6.14. The Bertz CT molecular complexity index is 643. The molecule has 1 aromatic carbocycles. The van der Waals surface area contributed by atoms with Gasteiger partial charge in [-0.3, -0.25) is 0 Å². The van der Waals surface area contributed by atoms with Gasteiger partial charge in [-0.25, -0.2) is 14.5 Å². The molecule has 0 aliphatic heterocycles. The normalized spacial score (nSPS) is 11.3. The van der Waals surface area contributed by atoms with Crippen LogP contribution in [0.4, 0.5) is 23.7 Å². The van der Waals surface area contributed by atoms with E-state index in [9.17, 15) is 18.0 Å². The zero-order chi connectivity index (χ0) is 16.2. The summed E-state index contributed by atoms with van der Waals surface area (Å²) in [5.74, 6) is 0. The predicted octanol–water partition coefficient (Wildman–Crippen LogP) is 1.40. The third kappa shape index (κ3) is 3.73. The summed E-state index contributed by atoms with van der Waals surface area (Å²) in [6.07, 6.45) is -2.36. The maximum absolute atomic E-state index is 13.1.